The first kappa shape index (κ1) is 55.0. The summed E-state index contributed by atoms with van der Waals surface area (Å²) in [5.41, 5.74) is 6.25. The Kier molecular flexibility index (Phi) is 28.4. The summed E-state index contributed by atoms with van der Waals surface area (Å²) in [7, 11) is -4.75. The first-order chi connectivity index (χ1) is 30.1. The van der Waals surface area contributed by atoms with Gasteiger partial charge in [-0.05, 0) is 62.1 Å². The fourth-order valence-electron chi connectivity index (χ4n) is 5.19. The van der Waals surface area contributed by atoms with E-state index in [0.29, 0.717) is 58.4 Å². The van der Waals surface area contributed by atoms with Crippen LogP contribution in [0.4, 0.5) is 5.69 Å². The van der Waals surface area contributed by atoms with Crippen LogP contribution in [0.25, 0.3) is 11.1 Å². The summed E-state index contributed by atoms with van der Waals surface area (Å²) in [5.74, 6) is 0.903. The molecular formula is C42H55N3NaO16P. The molecule has 0 aliphatic carbocycles. The Balaban J connectivity index is 0.000000444. The van der Waals surface area contributed by atoms with Gasteiger partial charge in [0, 0.05) is 44.0 Å². The molecule has 0 radical (unpaired) electrons. The molecule has 2 aromatic carbocycles. The third kappa shape index (κ3) is 23.4. The van der Waals surface area contributed by atoms with E-state index < -0.39 is 39.7 Å². The van der Waals surface area contributed by atoms with Crippen LogP contribution < -0.4 is 49.2 Å². The van der Waals surface area contributed by atoms with Crippen molar-refractivity contribution in [2.45, 2.75) is 39.7 Å². The quantitative estimate of drug-likeness (QED) is 0.0405. The fourth-order valence-corrected chi connectivity index (χ4v) is 5.93. The van der Waals surface area contributed by atoms with Crippen molar-refractivity contribution < 1.29 is 105 Å². The van der Waals surface area contributed by atoms with E-state index in [9.17, 15) is 28.6 Å². The van der Waals surface area contributed by atoms with Crippen LogP contribution in [0.5, 0.6) is 11.6 Å². The third-order valence-corrected chi connectivity index (χ3v) is 9.16. The number of phosphoric acid groups is 1. The number of hydrogen-bond acceptors (Lipinski definition) is 18. The zero-order chi connectivity index (χ0) is 44.8. The first-order valence-electron chi connectivity index (χ1n) is 19.9. The molecule has 0 fully saturated rings. The van der Waals surface area contributed by atoms with Gasteiger partial charge in [0.2, 0.25) is 11.8 Å². The predicted octanol–water partition coefficient (Wildman–Crippen LogP) is 0.727. The third-order valence-electron chi connectivity index (χ3n) is 8.19. The molecule has 2 heterocycles. The molecule has 3 aromatic rings. The van der Waals surface area contributed by atoms with E-state index in [-0.39, 0.29) is 81.3 Å². The van der Waals surface area contributed by atoms with Crippen LogP contribution in [0.3, 0.4) is 0 Å². The van der Waals surface area contributed by atoms with Gasteiger partial charge in [-0.2, -0.15) is 0 Å². The Hall–Kier alpha value is -4.11. The van der Waals surface area contributed by atoms with Crippen LogP contribution in [0.15, 0.2) is 65.8 Å². The molecule has 0 saturated carbocycles. The van der Waals surface area contributed by atoms with Gasteiger partial charge in [0.15, 0.2) is 11.9 Å². The topological polar surface area (TPSA) is 238 Å². The smallest absolute Gasteiger partial charge is 0.756 e. The molecule has 0 saturated heterocycles. The Bertz CT molecular complexity index is 1870. The maximum absolute atomic E-state index is 11.7. The number of aryl methyl sites for hydroxylation is 1. The summed E-state index contributed by atoms with van der Waals surface area (Å²) in [6, 6.07) is 18.3. The van der Waals surface area contributed by atoms with Gasteiger partial charge in [0.1, 0.15) is 37.9 Å². The SMILES string of the molecule is CCOCCOCCCC(=O)COCCOCC(=O)NCCOP(=O)([O-])OCC(COC=O)OC=O.CCOc1ccc(-c2ccc(C3=Nc4cc(C)ccc4OC3)cc2)cn1.[Na+]. The van der Waals surface area contributed by atoms with E-state index in [1.165, 1.54) is 5.56 Å². The number of benzene rings is 2. The summed E-state index contributed by atoms with van der Waals surface area (Å²) in [6.45, 7) is 7.53. The van der Waals surface area contributed by atoms with Crippen LogP contribution >= 0.6 is 7.82 Å². The van der Waals surface area contributed by atoms with Gasteiger partial charge in [0.05, 0.1) is 52.0 Å². The molecule has 0 spiro atoms. The number of Topliss-reactive ketones (excluding diaryl/α,β-unsaturated/α-hetero) is 1. The van der Waals surface area contributed by atoms with E-state index in [4.69, 9.17) is 33.4 Å². The molecule has 4 rings (SSSR count). The minimum Gasteiger partial charge on any atom is -0.756 e. The van der Waals surface area contributed by atoms with Crippen molar-refractivity contribution >= 4 is 43.9 Å². The molecule has 1 aromatic heterocycles. The van der Waals surface area contributed by atoms with Crippen molar-refractivity contribution in [2.75, 3.05) is 92.4 Å². The fraction of sp³-hybridized carbons (Fsp3) is 0.476. The molecule has 63 heavy (non-hydrogen) atoms. The number of phosphoric ester groups is 1. The molecule has 21 heteroatoms. The Morgan fingerprint density at radius 2 is 1.56 bits per heavy atom. The van der Waals surface area contributed by atoms with Gasteiger partial charge in [-0.1, -0.05) is 30.3 Å². The second-order valence-corrected chi connectivity index (χ2v) is 14.4. The van der Waals surface area contributed by atoms with Crippen LogP contribution in [0, 0.1) is 6.92 Å². The van der Waals surface area contributed by atoms with E-state index in [0.717, 1.165) is 33.8 Å². The average Bonchev–Trinajstić information content (AvgIpc) is 3.27. The molecule has 2 unspecified atom stereocenters. The summed E-state index contributed by atoms with van der Waals surface area (Å²) in [6.07, 6.45) is 1.63. The Labute approximate surface area is 389 Å². The van der Waals surface area contributed by atoms with Crippen molar-refractivity contribution in [1.29, 1.82) is 0 Å². The standard InChI is InChI=1S/C22H20N2O2.C20H36NO14P.Na/c1-3-25-22-11-9-18(13-23-22)16-5-7-17(8-6-16)20-14-26-21-10-4-15(2)12-19(21)24-20;1-2-28-8-9-29-6-3-4-18(24)12-30-10-11-31-15-20(25)21-5-7-34-36(26,27)35-14-19(33-17-23)13-32-16-22;/h4-13H,3,14H2,1-2H3;16-17,19H,2-15H2,1H3,(H,21,25)(H,26,27);/q;;+1/p-1. The summed E-state index contributed by atoms with van der Waals surface area (Å²) >= 11 is 0. The maximum atomic E-state index is 11.7. The number of carbonyl (C=O) groups is 4. The van der Waals surface area contributed by atoms with Gasteiger partial charge >= 0.3 is 29.6 Å². The number of nitrogens with one attached hydrogen (secondary N) is 1. The molecule has 1 N–H and O–H groups in total. The van der Waals surface area contributed by atoms with Crippen molar-refractivity contribution in [1.82, 2.24) is 10.3 Å². The van der Waals surface area contributed by atoms with Gasteiger partial charge < -0.3 is 57.2 Å². The van der Waals surface area contributed by atoms with E-state index in [1.54, 1.807) is 0 Å². The van der Waals surface area contributed by atoms with Crippen molar-refractivity contribution in [3.05, 3.63) is 71.9 Å². The second-order valence-electron chi connectivity index (χ2n) is 13.0. The summed E-state index contributed by atoms with van der Waals surface area (Å²) in [4.78, 5) is 64.5. The Morgan fingerprint density at radius 3 is 2.25 bits per heavy atom. The van der Waals surface area contributed by atoms with Crippen molar-refractivity contribution in [3.8, 4) is 22.8 Å². The molecule has 19 nitrogen and oxygen atoms in total. The van der Waals surface area contributed by atoms with E-state index in [2.05, 4.69) is 66.1 Å². The number of fused-ring (bicyclic) bond motifs is 1. The first-order valence-corrected chi connectivity index (χ1v) is 21.4. The maximum Gasteiger partial charge on any atom is 1.00 e. The average molecular weight is 912 g/mol. The van der Waals surface area contributed by atoms with Gasteiger partial charge in [-0.25, -0.2) is 9.98 Å². The van der Waals surface area contributed by atoms with Gasteiger partial charge in [-0.3, -0.25) is 23.7 Å². The van der Waals surface area contributed by atoms with E-state index >= 15 is 0 Å². The number of hydrogen-bond donors (Lipinski definition) is 1. The molecule has 1 aliphatic heterocycles. The number of nitrogens with zero attached hydrogens (tertiary/aromatic N) is 2. The Morgan fingerprint density at radius 1 is 0.841 bits per heavy atom. The molecule has 1 aliphatic rings. The van der Waals surface area contributed by atoms with Crippen LogP contribution in [0.2, 0.25) is 0 Å². The normalized spacial score (nSPS) is 12.9. The number of carbonyl (C=O) groups excluding carboxylic acids is 4. The molecule has 1 amide bonds. The number of aromatic nitrogens is 1. The number of pyridine rings is 1. The zero-order valence-corrected chi connectivity index (χ0v) is 39.1. The number of ether oxygens (including phenoxy) is 8. The van der Waals surface area contributed by atoms with Crippen LogP contribution in [-0.4, -0.2) is 134 Å². The molecular weight excluding hydrogens is 856 g/mol. The minimum absolute atomic E-state index is 0. The number of amides is 1. The second kappa shape index (κ2) is 32.5. The van der Waals surface area contributed by atoms with E-state index in [1.807, 2.05) is 44.3 Å². The molecule has 2 atom stereocenters. The zero-order valence-electron chi connectivity index (χ0n) is 36.2. The molecule has 0 bridgehead atoms. The number of rotatable bonds is 31. The van der Waals surface area contributed by atoms with Crippen molar-refractivity contribution in [2.24, 2.45) is 4.99 Å². The van der Waals surface area contributed by atoms with Crippen LogP contribution in [-0.2, 0) is 61.2 Å². The van der Waals surface area contributed by atoms with Crippen LogP contribution in [0.1, 0.15) is 37.8 Å². The van der Waals surface area contributed by atoms with Gasteiger partial charge in [-0.15, -0.1) is 0 Å². The number of aliphatic imine (C=N–C) groups is 1. The predicted molar refractivity (Wildman–Crippen MR) is 222 cm³/mol. The summed E-state index contributed by atoms with van der Waals surface area (Å²) < 4.78 is 61.5. The van der Waals surface area contributed by atoms with Crippen molar-refractivity contribution in [3.63, 3.8) is 0 Å². The minimum atomic E-state index is -4.75. The summed E-state index contributed by atoms with van der Waals surface area (Å²) in [5, 5.41) is 2.37. The number of ketones is 1. The molecule has 340 valence electrons. The van der Waals surface area contributed by atoms with Gasteiger partial charge in [0.25, 0.3) is 20.8 Å². The largest absolute Gasteiger partial charge is 1.00 e. The monoisotopic (exact) mass is 911 g/mol.